The molecule has 1 aromatic carbocycles. The first-order chi connectivity index (χ1) is 8.08. The fourth-order valence-electron chi connectivity index (χ4n) is 1.38. The third kappa shape index (κ3) is 2.75. The second-order valence-corrected chi connectivity index (χ2v) is 5.04. The summed E-state index contributed by atoms with van der Waals surface area (Å²) in [6.07, 6.45) is 0. The molecule has 0 saturated carbocycles. The van der Waals surface area contributed by atoms with Crippen molar-refractivity contribution in [1.82, 2.24) is 10.6 Å². The van der Waals surface area contributed by atoms with E-state index in [1.807, 2.05) is 0 Å². The van der Waals surface area contributed by atoms with Gasteiger partial charge < -0.3 is 10.6 Å². The summed E-state index contributed by atoms with van der Waals surface area (Å²) in [6, 6.07) is 2.86. The Morgan fingerprint density at radius 1 is 1.24 bits per heavy atom. The Labute approximate surface area is 114 Å². The number of nitro benzene ring substituents is 1. The standard InChI is InChI=1S/C9H8Br2N4O2/c10-6-3-5(15(16)17)4-7(11)8(6)14-9-12-1-2-13-9/h3-4H,1-2H2,(H2,12,13,14). The molecule has 8 heteroatoms. The molecule has 0 radical (unpaired) electrons. The number of nitrogens with one attached hydrogen (secondary N) is 2. The summed E-state index contributed by atoms with van der Waals surface area (Å²) >= 11 is 6.55. The fraction of sp³-hybridized carbons (Fsp3) is 0.222. The number of aliphatic imine (C=N–C) groups is 1. The number of halogens is 2. The van der Waals surface area contributed by atoms with Crippen molar-refractivity contribution in [3.63, 3.8) is 0 Å². The second-order valence-electron chi connectivity index (χ2n) is 3.33. The van der Waals surface area contributed by atoms with Crippen LogP contribution in [0.1, 0.15) is 0 Å². The van der Waals surface area contributed by atoms with Crippen LogP contribution in [0.2, 0.25) is 0 Å². The molecular weight excluding hydrogens is 356 g/mol. The average Bonchev–Trinajstić information content (AvgIpc) is 2.75. The van der Waals surface area contributed by atoms with Crippen LogP contribution in [-0.4, -0.2) is 24.0 Å². The Kier molecular flexibility index (Phi) is 3.63. The Morgan fingerprint density at radius 3 is 2.24 bits per heavy atom. The maximum atomic E-state index is 10.7. The number of rotatable bonds is 2. The van der Waals surface area contributed by atoms with Crippen LogP contribution in [0.25, 0.3) is 0 Å². The zero-order valence-electron chi connectivity index (χ0n) is 8.54. The molecule has 0 unspecified atom stereocenters. The third-order valence-electron chi connectivity index (χ3n) is 2.15. The normalized spacial score (nSPS) is 14.1. The van der Waals surface area contributed by atoms with Gasteiger partial charge in [-0.15, -0.1) is 0 Å². The summed E-state index contributed by atoms with van der Waals surface area (Å²) in [5, 5.41) is 16.8. The van der Waals surface area contributed by atoms with Crippen LogP contribution in [0.5, 0.6) is 0 Å². The van der Waals surface area contributed by atoms with Gasteiger partial charge in [0.15, 0.2) is 5.96 Å². The number of benzene rings is 1. The number of nitro groups is 1. The average molecular weight is 364 g/mol. The SMILES string of the molecule is O=[N+]([O-])c1cc(Br)c(N=C2NCCN2)c(Br)c1. The summed E-state index contributed by atoms with van der Waals surface area (Å²) in [5.74, 6) is 0.667. The zero-order valence-corrected chi connectivity index (χ0v) is 11.7. The predicted octanol–water partition coefficient (Wildman–Crippen LogP) is 2.30. The molecule has 0 amide bonds. The topological polar surface area (TPSA) is 79.6 Å². The first-order valence-corrected chi connectivity index (χ1v) is 6.36. The summed E-state index contributed by atoms with van der Waals surface area (Å²) in [6.45, 7) is 1.64. The van der Waals surface area contributed by atoms with Crippen molar-refractivity contribution < 1.29 is 4.92 Å². The van der Waals surface area contributed by atoms with Gasteiger partial charge in [-0.05, 0) is 31.9 Å². The quantitative estimate of drug-likeness (QED) is 0.624. The largest absolute Gasteiger partial charge is 0.354 e. The number of hydrogen-bond donors (Lipinski definition) is 2. The van der Waals surface area contributed by atoms with Gasteiger partial charge >= 0.3 is 0 Å². The van der Waals surface area contributed by atoms with E-state index in [1.165, 1.54) is 12.1 Å². The van der Waals surface area contributed by atoms with Crippen LogP contribution in [0, 0.1) is 10.1 Å². The van der Waals surface area contributed by atoms with Gasteiger partial charge in [-0.1, -0.05) is 0 Å². The molecule has 0 atom stereocenters. The monoisotopic (exact) mass is 362 g/mol. The van der Waals surface area contributed by atoms with E-state index in [0.29, 0.717) is 20.6 Å². The van der Waals surface area contributed by atoms with E-state index in [0.717, 1.165) is 13.1 Å². The van der Waals surface area contributed by atoms with Gasteiger partial charge in [-0.3, -0.25) is 10.1 Å². The summed E-state index contributed by atoms with van der Waals surface area (Å²) < 4.78 is 1.14. The van der Waals surface area contributed by atoms with E-state index < -0.39 is 4.92 Å². The van der Waals surface area contributed by atoms with Crippen LogP contribution in [0.4, 0.5) is 11.4 Å². The lowest BCUT2D eigenvalue weighted by Crippen LogP contribution is -2.23. The van der Waals surface area contributed by atoms with E-state index in [2.05, 4.69) is 47.5 Å². The maximum absolute atomic E-state index is 10.7. The first kappa shape index (κ1) is 12.3. The van der Waals surface area contributed by atoms with Crippen molar-refractivity contribution in [2.24, 2.45) is 4.99 Å². The minimum Gasteiger partial charge on any atom is -0.354 e. The highest BCUT2D eigenvalue weighted by atomic mass is 79.9. The molecule has 1 aliphatic rings. The minimum absolute atomic E-state index is 0.0139. The third-order valence-corrected chi connectivity index (χ3v) is 3.35. The van der Waals surface area contributed by atoms with Gasteiger partial charge in [-0.2, -0.15) is 0 Å². The van der Waals surface area contributed by atoms with Crippen molar-refractivity contribution in [1.29, 1.82) is 0 Å². The highest BCUT2D eigenvalue weighted by molar-refractivity contribution is 9.11. The van der Waals surface area contributed by atoms with Gasteiger partial charge in [0.25, 0.3) is 5.69 Å². The summed E-state index contributed by atoms with van der Waals surface area (Å²) in [7, 11) is 0. The molecule has 1 aromatic rings. The van der Waals surface area contributed by atoms with E-state index in [-0.39, 0.29) is 5.69 Å². The molecule has 90 valence electrons. The Bertz CT molecular complexity index is 473. The molecule has 0 bridgehead atoms. The molecule has 1 fully saturated rings. The summed E-state index contributed by atoms with van der Waals surface area (Å²) in [4.78, 5) is 14.6. The lowest BCUT2D eigenvalue weighted by atomic mass is 10.3. The molecule has 2 rings (SSSR count). The smallest absolute Gasteiger partial charge is 0.271 e. The van der Waals surface area contributed by atoms with Crippen LogP contribution in [0.15, 0.2) is 26.1 Å². The predicted molar refractivity (Wildman–Crippen MR) is 71.6 cm³/mol. The van der Waals surface area contributed by atoms with E-state index in [9.17, 15) is 10.1 Å². The molecular formula is C9H8Br2N4O2. The lowest BCUT2D eigenvalue weighted by molar-refractivity contribution is -0.385. The van der Waals surface area contributed by atoms with Crippen molar-refractivity contribution in [3.8, 4) is 0 Å². The molecule has 1 aliphatic heterocycles. The lowest BCUT2D eigenvalue weighted by Gasteiger charge is -2.04. The number of non-ortho nitro benzene ring substituents is 1. The summed E-state index contributed by atoms with van der Waals surface area (Å²) in [5.41, 5.74) is 0.632. The maximum Gasteiger partial charge on any atom is 0.271 e. The molecule has 0 aromatic heterocycles. The van der Waals surface area contributed by atoms with E-state index in [1.54, 1.807) is 0 Å². The molecule has 0 spiro atoms. The molecule has 1 saturated heterocycles. The van der Waals surface area contributed by atoms with Crippen molar-refractivity contribution in [3.05, 3.63) is 31.2 Å². The number of guanidine groups is 1. The first-order valence-electron chi connectivity index (χ1n) is 4.78. The second kappa shape index (κ2) is 5.01. The number of nitrogens with zero attached hydrogens (tertiary/aromatic N) is 2. The minimum atomic E-state index is -0.446. The van der Waals surface area contributed by atoms with Crippen molar-refractivity contribution in [2.45, 2.75) is 0 Å². The van der Waals surface area contributed by atoms with Crippen molar-refractivity contribution >= 4 is 49.2 Å². The fourth-order valence-corrected chi connectivity index (χ4v) is 2.72. The highest BCUT2D eigenvalue weighted by Gasteiger charge is 2.15. The molecule has 2 N–H and O–H groups in total. The van der Waals surface area contributed by atoms with E-state index >= 15 is 0 Å². The van der Waals surface area contributed by atoms with Gasteiger partial charge in [0.2, 0.25) is 0 Å². The molecule has 1 heterocycles. The van der Waals surface area contributed by atoms with Crippen LogP contribution >= 0.6 is 31.9 Å². The Hall–Kier alpha value is -1.15. The number of hydrogen-bond acceptors (Lipinski definition) is 3. The van der Waals surface area contributed by atoms with Gasteiger partial charge in [-0.25, -0.2) is 4.99 Å². The van der Waals surface area contributed by atoms with Gasteiger partial charge in [0.1, 0.15) is 0 Å². The Morgan fingerprint density at radius 2 is 1.76 bits per heavy atom. The zero-order chi connectivity index (χ0) is 12.4. The van der Waals surface area contributed by atoms with E-state index in [4.69, 9.17) is 0 Å². The molecule has 0 aliphatic carbocycles. The van der Waals surface area contributed by atoms with Crippen LogP contribution < -0.4 is 10.6 Å². The van der Waals surface area contributed by atoms with Crippen LogP contribution in [-0.2, 0) is 0 Å². The van der Waals surface area contributed by atoms with Gasteiger partial charge in [0.05, 0.1) is 19.6 Å². The highest BCUT2D eigenvalue weighted by Crippen LogP contribution is 2.37. The van der Waals surface area contributed by atoms with Crippen molar-refractivity contribution in [2.75, 3.05) is 13.1 Å². The Balaban J connectivity index is 2.41. The van der Waals surface area contributed by atoms with Gasteiger partial charge in [0, 0.05) is 25.2 Å². The molecule has 17 heavy (non-hydrogen) atoms. The molecule has 6 nitrogen and oxygen atoms in total. The van der Waals surface area contributed by atoms with Crippen LogP contribution in [0.3, 0.4) is 0 Å².